The second-order valence-corrected chi connectivity index (χ2v) is 5.87. The highest BCUT2D eigenvalue weighted by Gasteiger charge is 2.14. The standard InChI is InChI=1S/C17H19BrFNO/c1-20-15(10-12-5-3-7-14(18)9-12)11-13-6-4-8-16(21-2)17(13)19/h3-9,15,20H,10-11H2,1-2H3. The van der Waals surface area contributed by atoms with E-state index in [1.165, 1.54) is 12.7 Å². The molecule has 1 atom stereocenters. The fraction of sp³-hybridized carbons (Fsp3) is 0.294. The SMILES string of the molecule is CNC(Cc1cccc(Br)c1)Cc1cccc(OC)c1F. The third-order valence-electron chi connectivity index (χ3n) is 3.51. The third-order valence-corrected chi connectivity index (χ3v) is 4.00. The van der Waals surface area contributed by atoms with Crippen molar-refractivity contribution < 1.29 is 9.13 Å². The predicted molar refractivity (Wildman–Crippen MR) is 87.3 cm³/mol. The molecule has 2 rings (SSSR count). The molecule has 2 aromatic carbocycles. The summed E-state index contributed by atoms with van der Waals surface area (Å²) < 4.78 is 20.3. The van der Waals surface area contributed by atoms with Crippen LogP contribution in [0.2, 0.25) is 0 Å². The number of nitrogens with one attached hydrogen (secondary N) is 1. The van der Waals surface area contributed by atoms with E-state index in [1.54, 1.807) is 6.07 Å². The molecule has 1 unspecified atom stereocenters. The maximum Gasteiger partial charge on any atom is 0.168 e. The molecule has 1 N–H and O–H groups in total. The molecule has 2 aromatic rings. The molecule has 0 fully saturated rings. The molecule has 0 amide bonds. The van der Waals surface area contributed by atoms with Gasteiger partial charge in [-0.15, -0.1) is 0 Å². The van der Waals surface area contributed by atoms with Crippen LogP contribution in [0, 0.1) is 5.82 Å². The van der Waals surface area contributed by atoms with Crippen LogP contribution in [0.5, 0.6) is 5.75 Å². The zero-order valence-electron chi connectivity index (χ0n) is 12.2. The van der Waals surface area contributed by atoms with Crippen LogP contribution in [0.3, 0.4) is 0 Å². The van der Waals surface area contributed by atoms with E-state index in [0.29, 0.717) is 17.7 Å². The number of benzene rings is 2. The Hall–Kier alpha value is -1.39. The van der Waals surface area contributed by atoms with Gasteiger partial charge in [-0.1, -0.05) is 40.2 Å². The van der Waals surface area contributed by atoms with Gasteiger partial charge in [-0.05, 0) is 49.2 Å². The zero-order valence-corrected chi connectivity index (χ0v) is 13.8. The molecule has 0 aliphatic rings. The third kappa shape index (κ3) is 4.29. The summed E-state index contributed by atoms with van der Waals surface area (Å²) in [7, 11) is 3.39. The average molecular weight is 352 g/mol. The van der Waals surface area contributed by atoms with Crippen LogP contribution in [0.4, 0.5) is 4.39 Å². The first-order valence-electron chi connectivity index (χ1n) is 6.87. The van der Waals surface area contributed by atoms with Crippen LogP contribution >= 0.6 is 15.9 Å². The van der Waals surface area contributed by atoms with Crippen LogP contribution in [0.1, 0.15) is 11.1 Å². The minimum Gasteiger partial charge on any atom is -0.494 e. The van der Waals surface area contributed by atoms with Gasteiger partial charge in [0.2, 0.25) is 0 Å². The zero-order chi connectivity index (χ0) is 15.2. The van der Waals surface area contributed by atoms with E-state index in [1.807, 2.05) is 31.3 Å². The van der Waals surface area contributed by atoms with E-state index >= 15 is 0 Å². The second kappa shape index (κ2) is 7.57. The summed E-state index contributed by atoms with van der Waals surface area (Å²) >= 11 is 3.47. The largest absolute Gasteiger partial charge is 0.494 e. The Morgan fingerprint density at radius 3 is 2.62 bits per heavy atom. The molecule has 0 heterocycles. The predicted octanol–water partition coefficient (Wildman–Crippen LogP) is 3.97. The number of rotatable bonds is 6. The van der Waals surface area contributed by atoms with Gasteiger partial charge in [0.1, 0.15) is 0 Å². The van der Waals surface area contributed by atoms with Gasteiger partial charge in [0.25, 0.3) is 0 Å². The van der Waals surface area contributed by atoms with E-state index in [-0.39, 0.29) is 11.9 Å². The summed E-state index contributed by atoms with van der Waals surface area (Å²) in [6, 6.07) is 13.6. The van der Waals surface area contributed by atoms with Gasteiger partial charge in [0.15, 0.2) is 11.6 Å². The lowest BCUT2D eigenvalue weighted by Gasteiger charge is -2.17. The molecule has 112 valence electrons. The first-order chi connectivity index (χ1) is 10.1. The molecule has 0 saturated carbocycles. The van der Waals surface area contributed by atoms with Gasteiger partial charge in [-0.2, -0.15) is 0 Å². The van der Waals surface area contributed by atoms with Crippen molar-refractivity contribution in [1.29, 1.82) is 0 Å². The van der Waals surface area contributed by atoms with Gasteiger partial charge in [-0.25, -0.2) is 4.39 Å². The highest BCUT2D eigenvalue weighted by molar-refractivity contribution is 9.10. The van der Waals surface area contributed by atoms with Crippen LogP contribution < -0.4 is 10.1 Å². The maximum atomic E-state index is 14.2. The van der Waals surface area contributed by atoms with Crippen molar-refractivity contribution in [3.63, 3.8) is 0 Å². The van der Waals surface area contributed by atoms with Crippen molar-refractivity contribution in [3.8, 4) is 5.75 Å². The molecule has 0 aliphatic carbocycles. The molecule has 0 radical (unpaired) electrons. The molecule has 0 saturated heterocycles. The number of halogens is 2. The van der Waals surface area contributed by atoms with Crippen molar-refractivity contribution >= 4 is 15.9 Å². The molecule has 0 aliphatic heterocycles. The number of hydrogen-bond acceptors (Lipinski definition) is 2. The van der Waals surface area contributed by atoms with Gasteiger partial charge < -0.3 is 10.1 Å². The summed E-state index contributed by atoms with van der Waals surface area (Å²) in [5.41, 5.74) is 1.88. The summed E-state index contributed by atoms with van der Waals surface area (Å²) in [6.07, 6.45) is 1.46. The summed E-state index contributed by atoms with van der Waals surface area (Å²) in [6.45, 7) is 0. The molecule has 0 bridgehead atoms. The monoisotopic (exact) mass is 351 g/mol. The highest BCUT2D eigenvalue weighted by atomic mass is 79.9. The normalized spacial score (nSPS) is 12.2. The lowest BCUT2D eigenvalue weighted by atomic mass is 9.98. The van der Waals surface area contributed by atoms with Crippen LogP contribution in [0.15, 0.2) is 46.9 Å². The van der Waals surface area contributed by atoms with Crippen LogP contribution in [-0.2, 0) is 12.8 Å². The van der Waals surface area contributed by atoms with Gasteiger partial charge in [0, 0.05) is 10.5 Å². The smallest absolute Gasteiger partial charge is 0.168 e. The minimum absolute atomic E-state index is 0.168. The lowest BCUT2D eigenvalue weighted by Crippen LogP contribution is -2.30. The Labute approximate surface area is 133 Å². The molecule has 4 heteroatoms. The Kier molecular flexibility index (Phi) is 5.76. The minimum atomic E-state index is -0.269. The lowest BCUT2D eigenvalue weighted by molar-refractivity contribution is 0.382. The topological polar surface area (TPSA) is 21.3 Å². The molecule has 2 nitrogen and oxygen atoms in total. The molecule has 0 spiro atoms. The Morgan fingerprint density at radius 1 is 1.19 bits per heavy atom. The van der Waals surface area contributed by atoms with Gasteiger partial charge in [0.05, 0.1) is 7.11 Å². The summed E-state index contributed by atoms with van der Waals surface area (Å²) in [4.78, 5) is 0. The quantitative estimate of drug-likeness (QED) is 0.850. The van der Waals surface area contributed by atoms with Crippen molar-refractivity contribution in [2.75, 3.05) is 14.2 Å². The van der Waals surface area contributed by atoms with E-state index in [2.05, 4.69) is 33.4 Å². The first-order valence-corrected chi connectivity index (χ1v) is 7.66. The Balaban J connectivity index is 2.12. The molecular weight excluding hydrogens is 333 g/mol. The maximum absolute atomic E-state index is 14.2. The van der Waals surface area contributed by atoms with Gasteiger partial charge in [-0.3, -0.25) is 0 Å². The number of likely N-dealkylation sites (N-methyl/N-ethyl adjacent to an activating group) is 1. The Bertz CT molecular complexity index is 603. The van der Waals surface area contributed by atoms with Crippen molar-refractivity contribution in [1.82, 2.24) is 5.32 Å². The molecule has 21 heavy (non-hydrogen) atoms. The molecule has 0 aromatic heterocycles. The highest BCUT2D eigenvalue weighted by Crippen LogP contribution is 2.22. The Morgan fingerprint density at radius 2 is 1.95 bits per heavy atom. The summed E-state index contributed by atoms with van der Waals surface area (Å²) in [5.74, 6) is 0.0271. The van der Waals surface area contributed by atoms with Crippen LogP contribution in [0.25, 0.3) is 0 Å². The second-order valence-electron chi connectivity index (χ2n) is 4.96. The van der Waals surface area contributed by atoms with Crippen molar-refractivity contribution in [2.24, 2.45) is 0 Å². The van der Waals surface area contributed by atoms with E-state index in [4.69, 9.17) is 4.74 Å². The number of methoxy groups -OCH3 is 1. The average Bonchev–Trinajstić information content (AvgIpc) is 2.48. The number of hydrogen-bond donors (Lipinski definition) is 1. The van der Waals surface area contributed by atoms with E-state index in [9.17, 15) is 4.39 Å². The van der Waals surface area contributed by atoms with E-state index in [0.717, 1.165) is 10.9 Å². The van der Waals surface area contributed by atoms with Gasteiger partial charge >= 0.3 is 0 Å². The molecular formula is C17H19BrFNO. The fourth-order valence-electron chi connectivity index (χ4n) is 2.36. The summed E-state index contributed by atoms with van der Waals surface area (Å²) in [5, 5.41) is 3.26. The van der Waals surface area contributed by atoms with Crippen molar-refractivity contribution in [2.45, 2.75) is 18.9 Å². The van der Waals surface area contributed by atoms with E-state index < -0.39 is 0 Å². The first kappa shape index (κ1) is 16.0. The fourth-order valence-corrected chi connectivity index (χ4v) is 2.81. The number of ether oxygens (including phenoxy) is 1. The van der Waals surface area contributed by atoms with Crippen molar-refractivity contribution in [3.05, 3.63) is 63.9 Å². The van der Waals surface area contributed by atoms with Crippen LogP contribution in [-0.4, -0.2) is 20.2 Å².